The van der Waals surface area contributed by atoms with Gasteiger partial charge in [0.05, 0.1) is 16.5 Å². The number of benzene rings is 2. The lowest BCUT2D eigenvalue weighted by Gasteiger charge is -2.17. The normalized spacial score (nSPS) is 12.6. The van der Waals surface area contributed by atoms with Gasteiger partial charge in [0.1, 0.15) is 0 Å². The third-order valence-electron chi connectivity index (χ3n) is 3.20. The van der Waals surface area contributed by atoms with Gasteiger partial charge in [0.15, 0.2) is 0 Å². The van der Waals surface area contributed by atoms with Crippen molar-refractivity contribution in [3.05, 3.63) is 65.7 Å². The highest BCUT2D eigenvalue weighted by molar-refractivity contribution is 7.89. The summed E-state index contributed by atoms with van der Waals surface area (Å²) in [7, 11) is -3.60. The Kier molecular flexibility index (Phi) is 4.73. The quantitative estimate of drug-likeness (QED) is 0.922. The Balaban J connectivity index is 2.25. The maximum atomic E-state index is 12.4. The molecule has 0 aromatic heterocycles. The Morgan fingerprint density at radius 3 is 2.24 bits per heavy atom. The number of rotatable bonds is 5. The van der Waals surface area contributed by atoms with Crippen molar-refractivity contribution in [2.45, 2.75) is 24.3 Å². The Labute approximate surface area is 125 Å². The molecule has 0 aliphatic rings. The minimum absolute atomic E-state index is 0.163. The van der Waals surface area contributed by atoms with Gasteiger partial charge in [-0.3, -0.25) is 0 Å². The second-order valence-electron chi connectivity index (χ2n) is 4.63. The predicted octanol–water partition coefficient (Wildman–Crippen LogP) is 2.99. The van der Waals surface area contributed by atoms with Crippen LogP contribution in [0.25, 0.3) is 0 Å². The first-order chi connectivity index (χ1) is 10.1. The molecular formula is C16H16N2O2S. The maximum Gasteiger partial charge on any atom is 0.241 e. The van der Waals surface area contributed by atoms with Crippen LogP contribution in [0.15, 0.2) is 59.5 Å². The number of nitrogens with one attached hydrogen (secondary N) is 1. The van der Waals surface area contributed by atoms with Gasteiger partial charge in [-0.2, -0.15) is 5.26 Å². The molecule has 0 fully saturated rings. The summed E-state index contributed by atoms with van der Waals surface area (Å²) in [6.45, 7) is 1.93. The molecule has 0 radical (unpaired) electrons. The molecule has 1 unspecified atom stereocenters. The number of hydrogen-bond acceptors (Lipinski definition) is 3. The predicted molar refractivity (Wildman–Crippen MR) is 81.0 cm³/mol. The van der Waals surface area contributed by atoms with E-state index in [1.54, 1.807) is 0 Å². The van der Waals surface area contributed by atoms with Crippen molar-refractivity contribution in [3.8, 4) is 6.07 Å². The van der Waals surface area contributed by atoms with Crippen molar-refractivity contribution in [1.29, 1.82) is 5.26 Å². The van der Waals surface area contributed by atoms with Crippen molar-refractivity contribution < 1.29 is 8.42 Å². The van der Waals surface area contributed by atoms with Crippen LogP contribution in [0.3, 0.4) is 0 Å². The molecule has 2 aromatic carbocycles. The zero-order valence-electron chi connectivity index (χ0n) is 11.7. The van der Waals surface area contributed by atoms with Gasteiger partial charge in [-0.25, -0.2) is 13.1 Å². The number of sulfonamides is 1. The van der Waals surface area contributed by atoms with Gasteiger partial charge in [-0.05, 0) is 36.2 Å². The third-order valence-corrected chi connectivity index (χ3v) is 4.69. The van der Waals surface area contributed by atoms with E-state index in [1.165, 1.54) is 24.3 Å². The van der Waals surface area contributed by atoms with Crippen LogP contribution >= 0.6 is 0 Å². The molecular weight excluding hydrogens is 284 g/mol. The Bertz CT molecular complexity index is 732. The molecule has 0 saturated heterocycles. The van der Waals surface area contributed by atoms with Crippen LogP contribution in [0.1, 0.15) is 30.5 Å². The van der Waals surface area contributed by atoms with Gasteiger partial charge in [-0.1, -0.05) is 37.3 Å². The lowest BCUT2D eigenvalue weighted by Crippen LogP contribution is -2.28. The topological polar surface area (TPSA) is 70.0 Å². The summed E-state index contributed by atoms with van der Waals surface area (Å²) in [5.74, 6) is 0. The van der Waals surface area contributed by atoms with Crippen molar-refractivity contribution >= 4 is 10.0 Å². The summed E-state index contributed by atoms with van der Waals surface area (Å²) in [5.41, 5.74) is 1.36. The number of nitrogens with zero attached hydrogens (tertiary/aromatic N) is 1. The lowest BCUT2D eigenvalue weighted by molar-refractivity contribution is 0.550. The Morgan fingerprint density at radius 1 is 1.10 bits per heavy atom. The first-order valence-corrected chi connectivity index (χ1v) is 8.12. The molecule has 0 aliphatic heterocycles. The summed E-state index contributed by atoms with van der Waals surface area (Å²) in [6, 6.07) is 17.0. The fourth-order valence-electron chi connectivity index (χ4n) is 2.04. The highest BCUT2D eigenvalue weighted by Gasteiger charge is 2.19. The van der Waals surface area contributed by atoms with Crippen LogP contribution in [0.2, 0.25) is 0 Å². The van der Waals surface area contributed by atoms with E-state index in [9.17, 15) is 8.42 Å². The molecule has 4 nitrogen and oxygen atoms in total. The van der Waals surface area contributed by atoms with E-state index in [1.807, 2.05) is 43.3 Å². The monoisotopic (exact) mass is 300 g/mol. The Hall–Kier alpha value is -2.16. The minimum Gasteiger partial charge on any atom is -0.207 e. The highest BCUT2D eigenvalue weighted by atomic mass is 32.2. The lowest BCUT2D eigenvalue weighted by atomic mass is 10.1. The zero-order valence-corrected chi connectivity index (χ0v) is 12.5. The van der Waals surface area contributed by atoms with Crippen LogP contribution < -0.4 is 4.72 Å². The average Bonchev–Trinajstić information content (AvgIpc) is 2.53. The molecule has 1 atom stereocenters. The number of hydrogen-bond donors (Lipinski definition) is 1. The van der Waals surface area contributed by atoms with Crippen molar-refractivity contribution in [1.82, 2.24) is 4.72 Å². The first-order valence-electron chi connectivity index (χ1n) is 6.64. The summed E-state index contributed by atoms with van der Waals surface area (Å²) in [4.78, 5) is 0.163. The van der Waals surface area contributed by atoms with Gasteiger partial charge < -0.3 is 0 Å². The van der Waals surface area contributed by atoms with Crippen molar-refractivity contribution in [3.63, 3.8) is 0 Å². The molecule has 0 bridgehead atoms. The second-order valence-corrected chi connectivity index (χ2v) is 6.34. The van der Waals surface area contributed by atoms with E-state index in [4.69, 9.17) is 5.26 Å². The van der Waals surface area contributed by atoms with Gasteiger partial charge in [0.2, 0.25) is 10.0 Å². The summed E-state index contributed by atoms with van der Waals surface area (Å²) in [5, 5.41) is 8.75. The zero-order chi connectivity index (χ0) is 15.3. The van der Waals surface area contributed by atoms with Crippen LogP contribution in [-0.2, 0) is 10.0 Å². The van der Waals surface area contributed by atoms with E-state index in [0.717, 1.165) is 5.56 Å². The van der Waals surface area contributed by atoms with Crippen LogP contribution in [0.4, 0.5) is 0 Å². The molecule has 2 rings (SSSR count). The van der Waals surface area contributed by atoms with Crippen LogP contribution in [0, 0.1) is 11.3 Å². The summed E-state index contributed by atoms with van der Waals surface area (Å²) in [6.07, 6.45) is 0.652. The SMILES string of the molecule is CCC(NS(=O)(=O)c1ccc(C#N)cc1)c1ccccc1. The highest BCUT2D eigenvalue weighted by Crippen LogP contribution is 2.20. The van der Waals surface area contributed by atoms with Crippen molar-refractivity contribution in [2.24, 2.45) is 0 Å². The molecule has 5 heteroatoms. The van der Waals surface area contributed by atoms with Crippen molar-refractivity contribution in [2.75, 3.05) is 0 Å². The molecule has 0 spiro atoms. The van der Waals surface area contributed by atoms with E-state index in [-0.39, 0.29) is 10.9 Å². The number of nitriles is 1. The largest absolute Gasteiger partial charge is 0.241 e. The molecule has 2 aromatic rings. The van der Waals surface area contributed by atoms with Crippen LogP contribution in [-0.4, -0.2) is 8.42 Å². The van der Waals surface area contributed by atoms with Gasteiger partial charge in [-0.15, -0.1) is 0 Å². The fourth-order valence-corrected chi connectivity index (χ4v) is 3.34. The standard InChI is InChI=1S/C16H16N2O2S/c1-2-16(14-6-4-3-5-7-14)18-21(19,20)15-10-8-13(12-17)9-11-15/h3-11,16,18H,2H2,1H3. The molecule has 21 heavy (non-hydrogen) atoms. The van der Waals surface area contributed by atoms with E-state index in [0.29, 0.717) is 12.0 Å². The summed E-state index contributed by atoms with van der Waals surface area (Å²) >= 11 is 0. The Morgan fingerprint density at radius 2 is 1.71 bits per heavy atom. The summed E-state index contributed by atoms with van der Waals surface area (Å²) < 4.78 is 27.5. The van der Waals surface area contributed by atoms with Gasteiger partial charge >= 0.3 is 0 Å². The molecule has 0 amide bonds. The van der Waals surface area contributed by atoms with Gasteiger partial charge in [0, 0.05) is 6.04 Å². The van der Waals surface area contributed by atoms with Crippen LogP contribution in [0.5, 0.6) is 0 Å². The molecule has 0 saturated carbocycles. The molecule has 0 aliphatic carbocycles. The third kappa shape index (κ3) is 3.69. The smallest absolute Gasteiger partial charge is 0.207 e. The first kappa shape index (κ1) is 15.2. The average molecular weight is 300 g/mol. The van der Waals surface area contributed by atoms with E-state index in [2.05, 4.69) is 4.72 Å². The molecule has 108 valence electrons. The fraction of sp³-hybridized carbons (Fsp3) is 0.188. The van der Waals surface area contributed by atoms with E-state index < -0.39 is 10.0 Å². The molecule has 1 N–H and O–H groups in total. The van der Waals surface area contributed by atoms with Gasteiger partial charge in [0.25, 0.3) is 0 Å². The maximum absolute atomic E-state index is 12.4. The second kappa shape index (κ2) is 6.53. The minimum atomic E-state index is -3.60. The van der Waals surface area contributed by atoms with E-state index >= 15 is 0 Å². The molecule has 0 heterocycles.